The lowest BCUT2D eigenvalue weighted by molar-refractivity contribution is 0.0330. The monoisotopic (exact) mass is 214 g/mol. The molecule has 1 rings (SSSR count). The summed E-state index contributed by atoms with van der Waals surface area (Å²) in [4.78, 5) is 11.5. The van der Waals surface area contributed by atoms with Crippen LogP contribution in [0.2, 0.25) is 0 Å². The largest absolute Gasteiger partial charge is 0.443 e. The van der Waals surface area contributed by atoms with Crippen LogP contribution in [0.4, 0.5) is 4.79 Å². The predicted octanol–water partition coefficient (Wildman–Crippen LogP) is 2.16. The summed E-state index contributed by atoms with van der Waals surface area (Å²) < 4.78 is 5.18. The summed E-state index contributed by atoms with van der Waals surface area (Å²) in [6, 6.07) is 0. The second-order valence-corrected chi connectivity index (χ2v) is 5.10. The van der Waals surface area contributed by atoms with Crippen LogP contribution >= 0.6 is 0 Å². The van der Waals surface area contributed by atoms with Crippen molar-refractivity contribution in [3.63, 3.8) is 0 Å². The Morgan fingerprint density at radius 1 is 1.47 bits per heavy atom. The van der Waals surface area contributed by atoms with Crippen molar-refractivity contribution in [1.29, 1.82) is 0 Å². The molecule has 15 heavy (non-hydrogen) atoms. The second kappa shape index (κ2) is 4.84. The molecule has 0 unspecified atom stereocenters. The Hall–Kier alpha value is -0.770. The molecule has 1 N–H and O–H groups in total. The van der Waals surface area contributed by atoms with Gasteiger partial charge in [0.1, 0.15) is 5.60 Å². The van der Waals surface area contributed by atoms with E-state index in [1.165, 1.54) is 12.8 Å². The molecule has 0 bridgehead atoms. The zero-order chi connectivity index (χ0) is 11.5. The van der Waals surface area contributed by atoms with Gasteiger partial charge < -0.3 is 4.74 Å². The van der Waals surface area contributed by atoms with Crippen LogP contribution in [0.15, 0.2) is 0 Å². The molecule has 0 radical (unpaired) electrons. The van der Waals surface area contributed by atoms with Crippen LogP contribution in [0, 0.1) is 5.92 Å². The van der Waals surface area contributed by atoms with Gasteiger partial charge in [0.25, 0.3) is 0 Å². The fourth-order valence-corrected chi connectivity index (χ4v) is 1.30. The van der Waals surface area contributed by atoms with Crippen LogP contribution < -0.4 is 5.43 Å². The van der Waals surface area contributed by atoms with Gasteiger partial charge >= 0.3 is 6.09 Å². The Morgan fingerprint density at radius 2 is 2.07 bits per heavy atom. The van der Waals surface area contributed by atoms with Crippen molar-refractivity contribution in [2.45, 2.75) is 46.1 Å². The summed E-state index contributed by atoms with van der Waals surface area (Å²) >= 11 is 0. The summed E-state index contributed by atoms with van der Waals surface area (Å²) in [5, 5.41) is 1.92. The molecule has 0 aliphatic heterocycles. The maximum absolute atomic E-state index is 11.5. The molecule has 4 nitrogen and oxygen atoms in total. The van der Waals surface area contributed by atoms with E-state index in [-0.39, 0.29) is 6.09 Å². The van der Waals surface area contributed by atoms with Crippen LogP contribution in [-0.4, -0.2) is 29.8 Å². The first kappa shape index (κ1) is 12.3. The molecule has 0 atom stereocenters. The fourth-order valence-electron chi connectivity index (χ4n) is 1.30. The third kappa shape index (κ3) is 5.62. The van der Waals surface area contributed by atoms with Crippen LogP contribution in [-0.2, 0) is 4.74 Å². The molecule has 0 heterocycles. The number of hydrazine groups is 1. The van der Waals surface area contributed by atoms with E-state index >= 15 is 0 Å². The maximum Gasteiger partial charge on any atom is 0.422 e. The summed E-state index contributed by atoms with van der Waals surface area (Å²) in [7, 11) is 0. The lowest BCUT2D eigenvalue weighted by Crippen LogP contribution is -2.45. The van der Waals surface area contributed by atoms with Crippen molar-refractivity contribution in [3.8, 4) is 0 Å². The maximum atomic E-state index is 11.5. The number of hydrogen-bond acceptors (Lipinski definition) is 3. The molecule has 88 valence electrons. The third-order valence-corrected chi connectivity index (χ3v) is 2.21. The van der Waals surface area contributed by atoms with Gasteiger partial charge in [0.15, 0.2) is 0 Å². The zero-order valence-corrected chi connectivity index (χ0v) is 10.2. The van der Waals surface area contributed by atoms with Crippen molar-refractivity contribution in [2.75, 3.05) is 13.1 Å². The second-order valence-electron chi connectivity index (χ2n) is 5.10. The van der Waals surface area contributed by atoms with Gasteiger partial charge in [0.05, 0.1) is 0 Å². The first-order chi connectivity index (χ1) is 6.90. The standard InChI is InChI=1S/C11H22N2O2/c1-5-13(8-9-6-7-9)12-10(14)15-11(2,3)4/h9H,5-8H2,1-4H3,(H,12,14). The molecular weight excluding hydrogens is 192 g/mol. The van der Waals surface area contributed by atoms with Crippen molar-refractivity contribution in [2.24, 2.45) is 5.92 Å². The van der Waals surface area contributed by atoms with Crippen molar-refractivity contribution in [3.05, 3.63) is 0 Å². The highest BCUT2D eigenvalue weighted by atomic mass is 16.6. The summed E-state index contributed by atoms with van der Waals surface area (Å²) in [6.07, 6.45) is 2.21. The number of nitrogens with one attached hydrogen (secondary N) is 1. The first-order valence-electron chi connectivity index (χ1n) is 5.65. The van der Waals surface area contributed by atoms with Crippen LogP contribution in [0.1, 0.15) is 40.5 Å². The normalized spacial score (nSPS) is 16.6. The summed E-state index contributed by atoms with van der Waals surface area (Å²) in [5.74, 6) is 0.764. The minimum Gasteiger partial charge on any atom is -0.443 e. The topological polar surface area (TPSA) is 41.6 Å². The lowest BCUT2D eigenvalue weighted by atomic mass is 10.2. The molecule has 1 saturated carbocycles. The molecule has 0 saturated heterocycles. The van der Waals surface area contributed by atoms with Gasteiger partial charge in [0, 0.05) is 13.1 Å². The molecule has 1 aliphatic rings. The molecule has 1 aliphatic carbocycles. The van der Waals surface area contributed by atoms with E-state index in [1.807, 2.05) is 32.7 Å². The Labute approximate surface area is 91.9 Å². The number of carbonyl (C=O) groups excluding carboxylic acids is 1. The summed E-state index contributed by atoms with van der Waals surface area (Å²) in [6.45, 7) is 9.38. The molecular formula is C11H22N2O2. The van der Waals surface area contributed by atoms with E-state index in [0.717, 1.165) is 19.0 Å². The molecule has 1 amide bonds. The number of rotatable bonds is 4. The number of carbonyl (C=O) groups is 1. The van der Waals surface area contributed by atoms with E-state index in [2.05, 4.69) is 5.43 Å². The Kier molecular flexibility index (Phi) is 3.97. The smallest absolute Gasteiger partial charge is 0.422 e. The average Bonchev–Trinajstić information content (AvgIpc) is 2.83. The van der Waals surface area contributed by atoms with E-state index in [4.69, 9.17) is 4.74 Å². The predicted molar refractivity (Wildman–Crippen MR) is 59.3 cm³/mol. The SMILES string of the molecule is CCN(CC1CC1)NC(=O)OC(C)(C)C. The Morgan fingerprint density at radius 3 is 2.47 bits per heavy atom. The Balaban J connectivity index is 2.27. The minimum absolute atomic E-state index is 0.356. The molecule has 0 aromatic heterocycles. The quantitative estimate of drug-likeness (QED) is 0.729. The van der Waals surface area contributed by atoms with E-state index in [9.17, 15) is 4.79 Å². The van der Waals surface area contributed by atoms with Gasteiger partial charge in [0.2, 0.25) is 0 Å². The summed E-state index contributed by atoms with van der Waals surface area (Å²) in [5.41, 5.74) is 2.34. The van der Waals surface area contributed by atoms with Gasteiger partial charge in [-0.3, -0.25) is 5.43 Å². The van der Waals surface area contributed by atoms with E-state index < -0.39 is 5.60 Å². The number of nitrogens with zero attached hydrogens (tertiary/aromatic N) is 1. The van der Waals surface area contributed by atoms with Gasteiger partial charge in [-0.15, -0.1) is 0 Å². The highest BCUT2D eigenvalue weighted by Gasteiger charge is 2.25. The van der Waals surface area contributed by atoms with E-state index in [0.29, 0.717) is 0 Å². The van der Waals surface area contributed by atoms with Crippen LogP contribution in [0.25, 0.3) is 0 Å². The lowest BCUT2D eigenvalue weighted by Gasteiger charge is -2.25. The van der Waals surface area contributed by atoms with E-state index in [1.54, 1.807) is 0 Å². The number of amides is 1. The molecule has 1 fully saturated rings. The molecule has 0 aromatic rings. The van der Waals surface area contributed by atoms with Gasteiger partial charge in [-0.05, 0) is 39.5 Å². The molecule has 0 spiro atoms. The van der Waals surface area contributed by atoms with Gasteiger partial charge in [-0.2, -0.15) is 0 Å². The molecule has 4 heteroatoms. The van der Waals surface area contributed by atoms with Gasteiger partial charge in [-0.25, -0.2) is 9.80 Å². The first-order valence-corrected chi connectivity index (χ1v) is 5.65. The van der Waals surface area contributed by atoms with Gasteiger partial charge in [-0.1, -0.05) is 6.92 Å². The minimum atomic E-state index is -0.428. The highest BCUT2D eigenvalue weighted by Crippen LogP contribution is 2.29. The Bertz CT molecular complexity index is 219. The van der Waals surface area contributed by atoms with Crippen LogP contribution in [0.3, 0.4) is 0 Å². The zero-order valence-electron chi connectivity index (χ0n) is 10.2. The average molecular weight is 214 g/mol. The molecule has 0 aromatic carbocycles. The number of ether oxygens (including phenoxy) is 1. The third-order valence-electron chi connectivity index (χ3n) is 2.21. The van der Waals surface area contributed by atoms with Crippen molar-refractivity contribution >= 4 is 6.09 Å². The van der Waals surface area contributed by atoms with Crippen molar-refractivity contribution in [1.82, 2.24) is 10.4 Å². The fraction of sp³-hybridized carbons (Fsp3) is 0.909. The van der Waals surface area contributed by atoms with Crippen LogP contribution in [0.5, 0.6) is 0 Å². The number of hydrogen-bond donors (Lipinski definition) is 1. The van der Waals surface area contributed by atoms with Crippen molar-refractivity contribution < 1.29 is 9.53 Å². The highest BCUT2D eigenvalue weighted by molar-refractivity contribution is 5.67.